The quantitative estimate of drug-likeness (QED) is 0.0815. The molecule has 6 rings (SSSR count). The first-order chi connectivity index (χ1) is 24.9. The van der Waals surface area contributed by atoms with Gasteiger partial charge in [0.2, 0.25) is 5.91 Å². The van der Waals surface area contributed by atoms with Crippen molar-refractivity contribution in [1.29, 1.82) is 0 Å². The van der Waals surface area contributed by atoms with Gasteiger partial charge in [-0.25, -0.2) is 4.98 Å². The summed E-state index contributed by atoms with van der Waals surface area (Å²) in [5, 5.41) is 10.5. The van der Waals surface area contributed by atoms with E-state index in [4.69, 9.17) is 4.74 Å². The fourth-order valence-corrected chi connectivity index (χ4v) is 6.78. The minimum absolute atomic E-state index is 0.0992. The monoisotopic (exact) mass is 710 g/mol. The Hall–Kier alpha value is -5.97. The van der Waals surface area contributed by atoms with Crippen molar-refractivity contribution in [3.05, 3.63) is 167 Å². The number of thiazole rings is 1. The molecule has 8 nitrogen and oxygen atoms in total. The van der Waals surface area contributed by atoms with Crippen molar-refractivity contribution in [2.75, 3.05) is 17.2 Å². The van der Waals surface area contributed by atoms with Crippen LogP contribution in [0.25, 0.3) is 17.3 Å². The molecule has 0 fully saturated rings. The SMILES string of the molecule is CCOc1ccc(-c2csc(NC(=O)C(Sc3ccc(NC(=O)/C(=C/c4ccccc4)NC(=O)c4ccccc4)cc3)c3ccccc3)n2)cc1. The van der Waals surface area contributed by atoms with E-state index in [1.54, 1.807) is 42.5 Å². The van der Waals surface area contributed by atoms with E-state index < -0.39 is 17.1 Å². The molecule has 0 bridgehead atoms. The second-order valence-corrected chi connectivity index (χ2v) is 13.2. The highest BCUT2D eigenvalue weighted by atomic mass is 32.2. The lowest BCUT2D eigenvalue weighted by Gasteiger charge is -2.17. The zero-order valence-corrected chi connectivity index (χ0v) is 29.2. The van der Waals surface area contributed by atoms with Crippen molar-refractivity contribution < 1.29 is 19.1 Å². The molecular weight excluding hydrogens is 677 g/mol. The highest BCUT2D eigenvalue weighted by Gasteiger charge is 2.24. The maximum atomic E-state index is 13.7. The Bertz CT molecular complexity index is 2100. The van der Waals surface area contributed by atoms with E-state index in [-0.39, 0.29) is 11.6 Å². The van der Waals surface area contributed by atoms with Crippen LogP contribution in [0, 0.1) is 0 Å². The lowest BCUT2D eigenvalue weighted by atomic mass is 10.1. The lowest BCUT2D eigenvalue weighted by Crippen LogP contribution is -2.30. The molecule has 0 saturated carbocycles. The first-order valence-electron chi connectivity index (χ1n) is 16.2. The summed E-state index contributed by atoms with van der Waals surface area (Å²) < 4.78 is 5.54. The van der Waals surface area contributed by atoms with E-state index in [9.17, 15) is 14.4 Å². The number of nitrogens with zero attached hydrogens (tertiary/aromatic N) is 1. The van der Waals surface area contributed by atoms with E-state index >= 15 is 0 Å². The van der Waals surface area contributed by atoms with Crippen LogP contribution in [0.5, 0.6) is 5.75 Å². The van der Waals surface area contributed by atoms with Crippen LogP contribution in [0.15, 0.2) is 155 Å². The average molecular weight is 711 g/mol. The van der Waals surface area contributed by atoms with Crippen LogP contribution in [0.4, 0.5) is 10.8 Å². The van der Waals surface area contributed by atoms with Crippen molar-refractivity contribution in [1.82, 2.24) is 10.3 Å². The van der Waals surface area contributed by atoms with Crippen molar-refractivity contribution in [2.45, 2.75) is 17.1 Å². The molecule has 3 N–H and O–H groups in total. The number of amides is 3. The topological polar surface area (TPSA) is 109 Å². The summed E-state index contributed by atoms with van der Waals surface area (Å²) in [5.74, 6) is -0.283. The number of thioether (sulfide) groups is 1. The molecule has 1 unspecified atom stereocenters. The second kappa shape index (κ2) is 17.1. The van der Waals surface area contributed by atoms with Crippen LogP contribution in [-0.4, -0.2) is 29.3 Å². The molecule has 5 aromatic carbocycles. The number of anilines is 2. The Kier molecular flexibility index (Phi) is 11.7. The maximum absolute atomic E-state index is 13.7. The maximum Gasteiger partial charge on any atom is 0.272 e. The molecule has 254 valence electrons. The van der Waals surface area contributed by atoms with Crippen LogP contribution in [0.3, 0.4) is 0 Å². The molecule has 10 heteroatoms. The number of rotatable bonds is 13. The smallest absolute Gasteiger partial charge is 0.272 e. The van der Waals surface area contributed by atoms with Gasteiger partial charge in [0, 0.05) is 27.1 Å². The third kappa shape index (κ3) is 9.60. The normalized spacial score (nSPS) is 11.7. The third-order valence-corrected chi connectivity index (χ3v) is 9.57. The fourth-order valence-electron chi connectivity index (χ4n) is 5.03. The highest BCUT2D eigenvalue weighted by molar-refractivity contribution is 8.00. The van der Waals surface area contributed by atoms with Gasteiger partial charge in [-0.1, -0.05) is 78.9 Å². The van der Waals surface area contributed by atoms with Crippen molar-refractivity contribution in [3.8, 4) is 17.0 Å². The minimum atomic E-state index is -0.571. The number of benzene rings is 5. The van der Waals surface area contributed by atoms with Crippen LogP contribution in [-0.2, 0) is 9.59 Å². The Morgan fingerprint density at radius 2 is 1.43 bits per heavy atom. The van der Waals surface area contributed by atoms with Gasteiger partial charge in [-0.15, -0.1) is 23.1 Å². The molecular formula is C41H34N4O4S2. The second-order valence-electron chi connectivity index (χ2n) is 11.2. The molecule has 0 spiro atoms. The molecule has 0 aliphatic carbocycles. The lowest BCUT2D eigenvalue weighted by molar-refractivity contribution is -0.116. The molecule has 6 aromatic rings. The van der Waals surface area contributed by atoms with Gasteiger partial charge in [-0.3, -0.25) is 14.4 Å². The molecule has 1 aromatic heterocycles. The molecule has 1 heterocycles. The van der Waals surface area contributed by atoms with Crippen molar-refractivity contribution >= 4 is 57.7 Å². The van der Waals surface area contributed by atoms with Crippen LogP contribution < -0.4 is 20.7 Å². The molecule has 3 amide bonds. The van der Waals surface area contributed by atoms with Gasteiger partial charge in [0.1, 0.15) is 16.7 Å². The van der Waals surface area contributed by atoms with E-state index in [1.807, 2.05) is 115 Å². The van der Waals surface area contributed by atoms with Gasteiger partial charge in [0.25, 0.3) is 11.8 Å². The first kappa shape index (κ1) is 34.9. The van der Waals surface area contributed by atoms with Crippen LogP contribution >= 0.6 is 23.1 Å². The van der Waals surface area contributed by atoms with Crippen molar-refractivity contribution in [2.24, 2.45) is 0 Å². The first-order valence-corrected chi connectivity index (χ1v) is 18.0. The minimum Gasteiger partial charge on any atom is -0.494 e. The predicted molar refractivity (Wildman–Crippen MR) is 206 cm³/mol. The van der Waals surface area contributed by atoms with Gasteiger partial charge in [-0.2, -0.15) is 0 Å². The number of aromatic nitrogens is 1. The standard InChI is InChI=1S/C41H34N4O4S2/c1-2-49-33-22-18-29(19-23-33)36-27-50-41(44-36)45-40(48)37(30-14-8-4-9-15-30)51-34-24-20-32(21-25-34)42-39(47)35(26-28-12-6-3-7-13-28)43-38(46)31-16-10-5-11-17-31/h3-27,37H,2H2,1H3,(H,42,47)(H,43,46)(H,44,45,48)/b35-26-. The summed E-state index contributed by atoms with van der Waals surface area (Å²) >= 11 is 2.75. The molecule has 1 atom stereocenters. The van der Waals surface area contributed by atoms with Gasteiger partial charge in [-0.05, 0) is 84.8 Å². The Labute approximate surface area is 304 Å². The van der Waals surface area contributed by atoms with Crippen molar-refractivity contribution in [3.63, 3.8) is 0 Å². The molecule has 51 heavy (non-hydrogen) atoms. The third-order valence-electron chi connectivity index (χ3n) is 7.54. The number of hydrogen-bond acceptors (Lipinski definition) is 7. The van der Waals surface area contributed by atoms with E-state index in [1.165, 1.54) is 23.1 Å². The average Bonchev–Trinajstić information content (AvgIpc) is 3.64. The largest absolute Gasteiger partial charge is 0.494 e. The van der Waals surface area contributed by atoms with Crippen LogP contribution in [0.1, 0.15) is 33.7 Å². The summed E-state index contributed by atoms with van der Waals surface area (Å²) in [5.41, 5.74) is 4.36. The molecule has 0 aliphatic rings. The summed E-state index contributed by atoms with van der Waals surface area (Å²) in [4.78, 5) is 45.6. The van der Waals surface area contributed by atoms with E-state index in [0.717, 1.165) is 33.0 Å². The van der Waals surface area contributed by atoms with E-state index in [0.29, 0.717) is 23.0 Å². The fraction of sp³-hybridized carbons (Fsp3) is 0.0732. The predicted octanol–water partition coefficient (Wildman–Crippen LogP) is 9.09. The number of carbonyl (C=O) groups is 3. The summed E-state index contributed by atoms with van der Waals surface area (Å²) in [6, 6.07) is 42.5. The summed E-state index contributed by atoms with van der Waals surface area (Å²) in [7, 11) is 0. The number of hydrogen-bond donors (Lipinski definition) is 3. The molecule has 0 saturated heterocycles. The highest BCUT2D eigenvalue weighted by Crippen LogP contribution is 2.37. The Morgan fingerprint density at radius 1 is 0.784 bits per heavy atom. The summed E-state index contributed by atoms with van der Waals surface area (Å²) in [6.45, 7) is 2.54. The number of nitrogens with one attached hydrogen (secondary N) is 3. The number of carbonyl (C=O) groups excluding carboxylic acids is 3. The number of ether oxygens (including phenoxy) is 1. The Balaban J connectivity index is 1.15. The van der Waals surface area contributed by atoms with Crippen LogP contribution in [0.2, 0.25) is 0 Å². The molecule has 0 radical (unpaired) electrons. The van der Waals surface area contributed by atoms with Gasteiger partial charge >= 0.3 is 0 Å². The van der Waals surface area contributed by atoms with Gasteiger partial charge < -0.3 is 20.7 Å². The zero-order chi connectivity index (χ0) is 35.4. The zero-order valence-electron chi connectivity index (χ0n) is 27.6. The molecule has 0 aliphatic heterocycles. The Morgan fingerprint density at radius 3 is 2.10 bits per heavy atom. The van der Waals surface area contributed by atoms with Gasteiger partial charge in [0.15, 0.2) is 5.13 Å². The summed E-state index contributed by atoms with van der Waals surface area (Å²) in [6.07, 6.45) is 1.63. The van der Waals surface area contributed by atoms with E-state index in [2.05, 4.69) is 20.9 Å². The van der Waals surface area contributed by atoms with Gasteiger partial charge in [0.05, 0.1) is 12.3 Å².